The molecule has 0 spiro atoms. The third-order valence-corrected chi connectivity index (χ3v) is 2.56. The third-order valence-electron chi connectivity index (χ3n) is 2.56. The van der Waals surface area contributed by atoms with E-state index in [0.29, 0.717) is 0 Å². The molecule has 0 saturated carbocycles. The summed E-state index contributed by atoms with van der Waals surface area (Å²) in [5.74, 6) is 0. The molecule has 0 aliphatic rings. The first-order valence-corrected chi connectivity index (χ1v) is 5.48. The first-order valence-electron chi connectivity index (χ1n) is 5.48. The van der Waals surface area contributed by atoms with E-state index in [1.807, 2.05) is 22.9 Å². The largest absolute Gasteiger partial charge is 0.238 e. The Morgan fingerprint density at radius 3 is 2.40 bits per heavy atom. The van der Waals surface area contributed by atoms with E-state index in [2.05, 4.69) is 37.1 Å². The average molecular weight is 200 g/mol. The summed E-state index contributed by atoms with van der Waals surface area (Å²) in [6, 6.07) is 12.5. The summed E-state index contributed by atoms with van der Waals surface area (Å²) >= 11 is 0. The summed E-state index contributed by atoms with van der Waals surface area (Å²) < 4.78 is 2.04. The second-order valence-corrected chi connectivity index (χ2v) is 3.58. The Labute approximate surface area is 90.6 Å². The molecule has 0 radical (unpaired) electrons. The Morgan fingerprint density at radius 1 is 1.07 bits per heavy atom. The van der Waals surface area contributed by atoms with Crippen molar-refractivity contribution < 1.29 is 0 Å². The second kappa shape index (κ2) is 4.30. The monoisotopic (exact) mass is 200 g/mol. The smallest absolute Gasteiger partial charge is 0.0648 e. The fraction of sp³-hybridized carbons (Fsp3) is 0.308. The molecule has 0 aliphatic heterocycles. The van der Waals surface area contributed by atoms with Crippen molar-refractivity contribution in [1.29, 1.82) is 0 Å². The van der Waals surface area contributed by atoms with Gasteiger partial charge < -0.3 is 0 Å². The van der Waals surface area contributed by atoms with Crippen LogP contribution in [0.2, 0.25) is 0 Å². The van der Waals surface area contributed by atoms with Crippen LogP contribution in [0.15, 0.2) is 36.4 Å². The molecule has 2 heteroatoms. The Balaban J connectivity index is 2.47. The minimum absolute atomic E-state index is 0.993. The van der Waals surface area contributed by atoms with Gasteiger partial charge in [0.25, 0.3) is 0 Å². The number of benzene rings is 1. The van der Waals surface area contributed by atoms with Gasteiger partial charge in [0.05, 0.1) is 11.4 Å². The van der Waals surface area contributed by atoms with Crippen LogP contribution in [0.3, 0.4) is 0 Å². The summed E-state index contributed by atoms with van der Waals surface area (Å²) in [5.41, 5.74) is 3.59. The lowest BCUT2D eigenvalue weighted by molar-refractivity contribution is 0.794. The molecule has 0 amide bonds. The van der Waals surface area contributed by atoms with E-state index >= 15 is 0 Å². The molecule has 2 rings (SSSR count). The maximum Gasteiger partial charge on any atom is 0.0648 e. The van der Waals surface area contributed by atoms with Gasteiger partial charge in [0.1, 0.15) is 0 Å². The highest BCUT2D eigenvalue weighted by atomic mass is 15.3. The van der Waals surface area contributed by atoms with Crippen molar-refractivity contribution >= 4 is 0 Å². The van der Waals surface area contributed by atoms with Crippen LogP contribution in [-0.2, 0) is 12.8 Å². The molecule has 2 aromatic rings. The lowest BCUT2D eigenvalue weighted by Gasteiger charge is -2.04. The lowest BCUT2D eigenvalue weighted by Crippen LogP contribution is -2.00. The van der Waals surface area contributed by atoms with E-state index in [1.165, 1.54) is 5.69 Å². The highest BCUT2D eigenvalue weighted by Crippen LogP contribution is 2.13. The van der Waals surface area contributed by atoms with E-state index in [4.69, 9.17) is 0 Å². The van der Waals surface area contributed by atoms with Gasteiger partial charge >= 0.3 is 0 Å². The molecule has 0 fully saturated rings. The number of hydrogen-bond acceptors (Lipinski definition) is 1. The molecular formula is C13H16N2. The van der Waals surface area contributed by atoms with E-state index < -0.39 is 0 Å². The first kappa shape index (κ1) is 9.97. The zero-order valence-electron chi connectivity index (χ0n) is 9.27. The third kappa shape index (κ3) is 1.94. The SMILES string of the molecule is CCc1cc(CC)n(-c2ccccc2)n1. The number of aromatic nitrogens is 2. The molecule has 78 valence electrons. The number of para-hydroxylation sites is 1. The topological polar surface area (TPSA) is 17.8 Å². The van der Waals surface area contributed by atoms with Gasteiger partial charge in [-0.3, -0.25) is 0 Å². The lowest BCUT2D eigenvalue weighted by atomic mass is 10.2. The molecule has 0 N–H and O–H groups in total. The minimum Gasteiger partial charge on any atom is -0.238 e. The van der Waals surface area contributed by atoms with Gasteiger partial charge in [0, 0.05) is 5.69 Å². The highest BCUT2D eigenvalue weighted by Gasteiger charge is 2.05. The quantitative estimate of drug-likeness (QED) is 0.744. The Hall–Kier alpha value is -1.57. The molecule has 1 heterocycles. The van der Waals surface area contributed by atoms with Crippen LogP contribution >= 0.6 is 0 Å². The summed E-state index contributed by atoms with van der Waals surface area (Å²) in [6.45, 7) is 4.30. The number of aryl methyl sites for hydroxylation is 2. The van der Waals surface area contributed by atoms with Gasteiger partial charge in [0.15, 0.2) is 0 Å². The zero-order chi connectivity index (χ0) is 10.7. The van der Waals surface area contributed by atoms with Crippen molar-refractivity contribution in [3.63, 3.8) is 0 Å². The highest BCUT2D eigenvalue weighted by molar-refractivity contribution is 5.33. The van der Waals surface area contributed by atoms with Crippen molar-refractivity contribution in [3.05, 3.63) is 47.8 Å². The van der Waals surface area contributed by atoms with Gasteiger partial charge in [-0.15, -0.1) is 0 Å². The number of hydrogen-bond donors (Lipinski definition) is 0. The van der Waals surface area contributed by atoms with Crippen LogP contribution in [0.4, 0.5) is 0 Å². The van der Waals surface area contributed by atoms with E-state index in [1.54, 1.807) is 0 Å². The van der Waals surface area contributed by atoms with Gasteiger partial charge in [-0.1, -0.05) is 32.0 Å². The van der Waals surface area contributed by atoms with Crippen LogP contribution in [0.25, 0.3) is 5.69 Å². The standard InChI is InChI=1S/C13H16N2/c1-3-11-10-12(4-2)15(14-11)13-8-6-5-7-9-13/h5-10H,3-4H2,1-2H3. The van der Waals surface area contributed by atoms with Gasteiger partial charge in [0.2, 0.25) is 0 Å². The molecule has 0 bridgehead atoms. The zero-order valence-corrected chi connectivity index (χ0v) is 9.27. The van der Waals surface area contributed by atoms with Crippen LogP contribution in [-0.4, -0.2) is 9.78 Å². The van der Waals surface area contributed by atoms with E-state index in [-0.39, 0.29) is 0 Å². The fourth-order valence-corrected chi connectivity index (χ4v) is 1.69. The predicted molar refractivity (Wildman–Crippen MR) is 62.3 cm³/mol. The maximum absolute atomic E-state index is 4.59. The van der Waals surface area contributed by atoms with Crippen molar-refractivity contribution in [3.8, 4) is 5.69 Å². The van der Waals surface area contributed by atoms with Gasteiger partial charge in [-0.05, 0) is 31.0 Å². The summed E-state index contributed by atoms with van der Waals surface area (Å²) in [6.07, 6.45) is 2.01. The summed E-state index contributed by atoms with van der Waals surface area (Å²) in [4.78, 5) is 0. The van der Waals surface area contributed by atoms with Crippen molar-refractivity contribution in [2.75, 3.05) is 0 Å². The van der Waals surface area contributed by atoms with Crippen LogP contribution < -0.4 is 0 Å². The van der Waals surface area contributed by atoms with Crippen LogP contribution in [0.1, 0.15) is 25.2 Å². The fourth-order valence-electron chi connectivity index (χ4n) is 1.69. The van der Waals surface area contributed by atoms with Crippen LogP contribution in [0, 0.1) is 0 Å². The Bertz CT molecular complexity index is 429. The molecule has 15 heavy (non-hydrogen) atoms. The van der Waals surface area contributed by atoms with Crippen LogP contribution in [0.5, 0.6) is 0 Å². The molecule has 0 unspecified atom stereocenters. The number of nitrogens with zero attached hydrogens (tertiary/aromatic N) is 2. The van der Waals surface area contributed by atoms with Gasteiger partial charge in [-0.25, -0.2) is 4.68 Å². The average Bonchev–Trinajstić information content (AvgIpc) is 2.73. The number of rotatable bonds is 3. The van der Waals surface area contributed by atoms with Crippen molar-refractivity contribution in [2.45, 2.75) is 26.7 Å². The minimum atomic E-state index is 0.993. The van der Waals surface area contributed by atoms with E-state index in [9.17, 15) is 0 Å². The second-order valence-electron chi connectivity index (χ2n) is 3.58. The molecule has 1 aromatic carbocycles. The maximum atomic E-state index is 4.59. The molecule has 0 aliphatic carbocycles. The predicted octanol–water partition coefficient (Wildman–Crippen LogP) is 3.00. The summed E-state index contributed by atoms with van der Waals surface area (Å²) in [7, 11) is 0. The van der Waals surface area contributed by atoms with Crippen molar-refractivity contribution in [1.82, 2.24) is 9.78 Å². The van der Waals surface area contributed by atoms with Crippen molar-refractivity contribution in [2.24, 2.45) is 0 Å². The first-order chi connectivity index (χ1) is 7.35. The molecule has 2 nitrogen and oxygen atoms in total. The molecule has 1 aromatic heterocycles. The summed E-state index contributed by atoms with van der Waals surface area (Å²) in [5, 5.41) is 4.59. The van der Waals surface area contributed by atoms with Gasteiger partial charge in [-0.2, -0.15) is 5.10 Å². The Morgan fingerprint density at radius 2 is 1.80 bits per heavy atom. The molecule has 0 saturated heterocycles. The van der Waals surface area contributed by atoms with E-state index in [0.717, 1.165) is 24.2 Å². The molecular weight excluding hydrogens is 184 g/mol. The molecule has 0 atom stereocenters. The normalized spacial score (nSPS) is 10.5. The Kier molecular flexibility index (Phi) is 2.86.